The summed E-state index contributed by atoms with van der Waals surface area (Å²) in [6.45, 7) is 2.49. The van der Waals surface area contributed by atoms with E-state index in [-0.39, 0.29) is 0 Å². The Morgan fingerprint density at radius 2 is 2.20 bits per heavy atom. The van der Waals surface area contributed by atoms with Crippen molar-refractivity contribution in [2.24, 2.45) is 0 Å². The number of rotatable bonds is 4. The molecule has 1 aromatic carbocycles. The maximum absolute atomic E-state index is 5.91. The molecule has 2 aromatic rings. The van der Waals surface area contributed by atoms with Gasteiger partial charge in [0.2, 0.25) is 0 Å². The lowest BCUT2D eigenvalue weighted by atomic mass is 10.1. The number of piperidine rings is 1. The molecule has 1 fully saturated rings. The zero-order valence-corrected chi connectivity index (χ0v) is 11.9. The third kappa shape index (κ3) is 3.29. The summed E-state index contributed by atoms with van der Waals surface area (Å²) in [6.07, 6.45) is 4.16. The lowest BCUT2D eigenvalue weighted by molar-refractivity contribution is 0.301. The summed E-state index contributed by atoms with van der Waals surface area (Å²) >= 11 is 5.91. The van der Waals surface area contributed by atoms with Gasteiger partial charge < -0.3 is 10.1 Å². The van der Waals surface area contributed by atoms with Gasteiger partial charge >= 0.3 is 0 Å². The van der Waals surface area contributed by atoms with Gasteiger partial charge in [0, 0.05) is 5.02 Å². The predicted molar refractivity (Wildman–Crippen MR) is 76.9 cm³/mol. The van der Waals surface area contributed by atoms with Crippen LogP contribution in [0.2, 0.25) is 5.02 Å². The van der Waals surface area contributed by atoms with Gasteiger partial charge in [-0.15, -0.1) is 5.10 Å². The number of halogens is 1. The van der Waals surface area contributed by atoms with Gasteiger partial charge in [-0.2, -0.15) is 0 Å². The number of hydrogen-bond acceptors (Lipinski definition) is 4. The Morgan fingerprint density at radius 3 is 3.00 bits per heavy atom. The van der Waals surface area contributed by atoms with Crippen molar-refractivity contribution in [3.63, 3.8) is 0 Å². The molecule has 0 saturated carbocycles. The van der Waals surface area contributed by atoms with E-state index in [1.54, 1.807) is 6.07 Å². The van der Waals surface area contributed by atoms with Gasteiger partial charge in [0.1, 0.15) is 18.1 Å². The van der Waals surface area contributed by atoms with Crippen LogP contribution < -0.4 is 10.1 Å². The van der Waals surface area contributed by atoms with E-state index in [2.05, 4.69) is 15.6 Å². The topological polar surface area (TPSA) is 52.0 Å². The Balaban J connectivity index is 1.59. The Bertz CT molecular complexity index is 566. The molecule has 0 unspecified atom stereocenters. The number of aromatic nitrogens is 3. The molecule has 1 N–H and O–H groups in total. The van der Waals surface area contributed by atoms with Gasteiger partial charge in [0.05, 0.1) is 12.2 Å². The first-order valence-electron chi connectivity index (χ1n) is 6.81. The Kier molecular flexibility index (Phi) is 4.18. The van der Waals surface area contributed by atoms with Crippen molar-refractivity contribution in [2.45, 2.75) is 25.5 Å². The molecule has 2 heterocycles. The van der Waals surface area contributed by atoms with E-state index in [0.717, 1.165) is 37.4 Å². The van der Waals surface area contributed by atoms with Gasteiger partial charge in [0.25, 0.3) is 0 Å². The minimum atomic E-state index is 0.408. The minimum Gasteiger partial charge on any atom is -0.487 e. The molecule has 6 heteroatoms. The molecule has 1 saturated heterocycles. The molecule has 1 aliphatic heterocycles. The predicted octanol–water partition coefficient (Wildman–Crippen LogP) is 2.43. The van der Waals surface area contributed by atoms with E-state index in [1.807, 2.05) is 29.1 Å². The molecule has 0 bridgehead atoms. The van der Waals surface area contributed by atoms with Crippen LogP contribution in [-0.4, -0.2) is 28.1 Å². The highest BCUT2D eigenvalue weighted by molar-refractivity contribution is 6.30. The second-order valence-electron chi connectivity index (χ2n) is 4.92. The largest absolute Gasteiger partial charge is 0.487 e. The van der Waals surface area contributed by atoms with E-state index in [9.17, 15) is 0 Å². The van der Waals surface area contributed by atoms with Crippen LogP contribution in [0, 0.1) is 0 Å². The molecule has 5 nitrogen and oxygen atoms in total. The fraction of sp³-hybridized carbons (Fsp3) is 0.429. The summed E-state index contributed by atoms with van der Waals surface area (Å²) < 4.78 is 7.62. The fourth-order valence-electron chi connectivity index (χ4n) is 2.34. The van der Waals surface area contributed by atoms with E-state index < -0.39 is 0 Å². The Morgan fingerprint density at radius 1 is 1.35 bits per heavy atom. The highest BCUT2D eigenvalue weighted by atomic mass is 35.5. The minimum absolute atomic E-state index is 0.408. The highest BCUT2D eigenvalue weighted by Gasteiger charge is 2.16. The van der Waals surface area contributed by atoms with Crippen molar-refractivity contribution < 1.29 is 4.74 Å². The average Bonchev–Trinajstić information content (AvgIpc) is 2.95. The summed E-state index contributed by atoms with van der Waals surface area (Å²) in [6, 6.07) is 7.80. The Labute approximate surface area is 122 Å². The molecule has 1 aromatic heterocycles. The SMILES string of the molecule is Clc1cccc(OCc2cn(C3CCNCC3)nn2)c1. The van der Waals surface area contributed by atoms with Crippen molar-refractivity contribution in [3.05, 3.63) is 41.2 Å². The van der Waals surface area contributed by atoms with Crippen LogP contribution in [0.4, 0.5) is 0 Å². The zero-order chi connectivity index (χ0) is 13.8. The summed E-state index contributed by atoms with van der Waals surface area (Å²) in [5, 5.41) is 12.4. The first kappa shape index (κ1) is 13.4. The molecule has 0 atom stereocenters. The van der Waals surface area contributed by atoms with Crippen LogP contribution in [0.3, 0.4) is 0 Å². The van der Waals surface area contributed by atoms with E-state index in [1.165, 1.54) is 0 Å². The first-order chi connectivity index (χ1) is 9.81. The molecule has 0 aliphatic carbocycles. The summed E-state index contributed by atoms with van der Waals surface area (Å²) in [5.74, 6) is 0.744. The summed E-state index contributed by atoms with van der Waals surface area (Å²) in [7, 11) is 0. The van der Waals surface area contributed by atoms with Crippen LogP contribution in [0.15, 0.2) is 30.5 Å². The maximum Gasteiger partial charge on any atom is 0.134 e. The first-order valence-corrected chi connectivity index (χ1v) is 7.19. The van der Waals surface area contributed by atoms with Crippen molar-refractivity contribution in [2.75, 3.05) is 13.1 Å². The second-order valence-corrected chi connectivity index (χ2v) is 5.35. The third-order valence-electron chi connectivity index (χ3n) is 3.42. The Hall–Kier alpha value is -1.59. The molecule has 0 radical (unpaired) electrons. The van der Waals surface area contributed by atoms with Crippen molar-refractivity contribution in [3.8, 4) is 5.75 Å². The smallest absolute Gasteiger partial charge is 0.134 e. The standard InChI is InChI=1S/C14H17ClN4O/c15-11-2-1-3-14(8-11)20-10-12-9-19(18-17-12)13-4-6-16-7-5-13/h1-3,8-9,13,16H,4-7,10H2. The van der Waals surface area contributed by atoms with Crippen LogP contribution in [0.5, 0.6) is 5.75 Å². The van der Waals surface area contributed by atoms with Gasteiger partial charge in [-0.05, 0) is 44.1 Å². The van der Waals surface area contributed by atoms with Crippen molar-refractivity contribution in [1.82, 2.24) is 20.3 Å². The molecule has 3 rings (SSSR count). The van der Waals surface area contributed by atoms with Crippen LogP contribution in [-0.2, 0) is 6.61 Å². The van der Waals surface area contributed by atoms with Gasteiger partial charge in [-0.3, -0.25) is 0 Å². The molecule has 20 heavy (non-hydrogen) atoms. The molecule has 106 valence electrons. The van der Waals surface area contributed by atoms with E-state index in [4.69, 9.17) is 16.3 Å². The highest BCUT2D eigenvalue weighted by Crippen LogP contribution is 2.19. The summed E-state index contributed by atoms with van der Waals surface area (Å²) in [4.78, 5) is 0. The lowest BCUT2D eigenvalue weighted by Gasteiger charge is -2.22. The van der Waals surface area contributed by atoms with Crippen LogP contribution in [0.1, 0.15) is 24.6 Å². The van der Waals surface area contributed by atoms with Crippen LogP contribution >= 0.6 is 11.6 Å². The monoisotopic (exact) mass is 292 g/mol. The molecular formula is C14H17ClN4O. The normalized spacial score (nSPS) is 16.2. The number of nitrogens with one attached hydrogen (secondary N) is 1. The molecule has 0 amide bonds. The fourth-order valence-corrected chi connectivity index (χ4v) is 2.52. The quantitative estimate of drug-likeness (QED) is 0.940. The van der Waals surface area contributed by atoms with Crippen LogP contribution in [0.25, 0.3) is 0 Å². The number of hydrogen-bond donors (Lipinski definition) is 1. The number of ether oxygens (including phenoxy) is 1. The molecule has 1 aliphatic rings. The van der Waals surface area contributed by atoms with Gasteiger partial charge in [-0.25, -0.2) is 4.68 Å². The zero-order valence-electron chi connectivity index (χ0n) is 11.1. The average molecular weight is 293 g/mol. The van der Waals surface area contributed by atoms with Gasteiger partial charge in [0.15, 0.2) is 0 Å². The van der Waals surface area contributed by atoms with Crippen molar-refractivity contribution >= 4 is 11.6 Å². The number of nitrogens with zero attached hydrogens (tertiary/aromatic N) is 3. The second kappa shape index (κ2) is 6.24. The van der Waals surface area contributed by atoms with Crippen molar-refractivity contribution in [1.29, 1.82) is 0 Å². The summed E-state index contributed by atoms with van der Waals surface area (Å²) in [5.41, 5.74) is 0.837. The molecule has 0 spiro atoms. The molecular weight excluding hydrogens is 276 g/mol. The lowest BCUT2D eigenvalue weighted by Crippen LogP contribution is -2.29. The third-order valence-corrected chi connectivity index (χ3v) is 3.66. The van der Waals surface area contributed by atoms with Gasteiger partial charge in [-0.1, -0.05) is 22.9 Å². The maximum atomic E-state index is 5.91. The number of benzene rings is 1. The van der Waals surface area contributed by atoms with E-state index >= 15 is 0 Å². The van der Waals surface area contributed by atoms with E-state index in [0.29, 0.717) is 17.7 Å².